The molecule has 0 spiro atoms. The van der Waals surface area contributed by atoms with Crippen molar-refractivity contribution < 1.29 is 23.5 Å². The van der Waals surface area contributed by atoms with Gasteiger partial charge in [0.2, 0.25) is 0 Å². The molecule has 0 radical (unpaired) electrons. The molecule has 6 heteroatoms. The normalized spacial score (nSPS) is 14.0. The van der Waals surface area contributed by atoms with Crippen LogP contribution in [0, 0.1) is 0 Å². The van der Waals surface area contributed by atoms with Crippen LogP contribution in [-0.2, 0) is 18.4 Å². The highest BCUT2D eigenvalue weighted by molar-refractivity contribution is 7.59. The van der Waals surface area contributed by atoms with Crippen LogP contribution < -0.4 is 0 Å². The average Bonchev–Trinajstić information content (AvgIpc) is 2.45. The van der Waals surface area contributed by atoms with Gasteiger partial charge in [-0.25, -0.2) is 4.79 Å². The Kier molecular flexibility index (Phi) is 6.82. The van der Waals surface area contributed by atoms with Crippen LogP contribution in [0.4, 0.5) is 0 Å². The summed E-state index contributed by atoms with van der Waals surface area (Å²) in [6, 6.07) is 9.37. The molecule has 1 atom stereocenters. The minimum absolute atomic E-state index is 0.113. The lowest BCUT2D eigenvalue weighted by atomic mass is 10.0. The smallest absolute Gasteiger partial charge is 0.368 e. The second-order valence-corrected chi connectivity index (χ2v) is 6.38. The molecule has 116 valence electrons. The molecule has 0 aromatic heterocycles. The van der Waals surface area contributed by atoms with E-state index in [9.17, 15) is 14.5 Å². The molecule has 1 rings (SSSR count). The van der Waals surface area contributed by atoms with Gasteiger partial charge in [-0.1, -0.05) is 43.3 Å². The number of rotatable bonds is 8. The molecular formula is C15H21O5P. The minimum atomic E-state index is -3.80. The van der Waals surface area contributed by atoms with Crippen LogP contribution in [0.15, 0.2) is 41.7 Å². The zero-order valence-corrected chi connectivity index (χ0v) is 13.4. The third-order valence-electron chi connectivity index (χ3n) is 2.85. The van der Waals surface area contributed by atoms with Crippen LogP contribution in [0.3, 0.4) is 0 Å². The van der Waals surface area contributed by atoms with E-state index in [1.165, 1.54) is 6.08 Å². The predicted molar refractivity (Wildman–Crippen MR) is 81.4 cm³/mol. The first kappa shape index (κ1) is 17.6. The Balaban J connectivity index is 3.18. The summed E-state index contributed by atoms with van der Waals surface area (Å²) in [6.07, 6.45) is 1.43. The molecule has 0 amide bonds. The van der Waals surface area contributed by atoms with E-state index in [1.54, 1.807) is 13.8 Å². The second-order valence-electron chi connectivity index (χ2n) is 4.39. The van der Waals surface area contributed by atoms with Gasteiger partial charge in [0.25, 0.3) is 0 Å². The summed E-state index contributed by atoms with van der Waals surface area (Å²) in [5.74, 6) is -1.51. The number of carbonyl (C=O) groups is 1. The number of aliphatic carboxylic acids is 1. The van der Waals surface area contributed by atoms with Crippen molar-refractivity contribution in [3.05, 3.63) is 47.3 Å². The Bertz CT molecular complexity index is 528. The van der Waals surface area contributed by atoms with Crippen molar-refractivity contribution in [2.45, 2.75) is 26.7 Å². The summed E-state index contributed by atoms with van der Waals surface area (Å²) in [5.41, 5.74) is 0.927. The topological polar surface area (TPSA) is 72.8 Å². The lowest BCUT2D eigenvalue weighted by Gasteiger charge is -2.18. The van der Waals surface area contributed by atoms with Crippen molar-refractivity contribution >= 4 is 13.6 Å². The van der Waals surface area contributed by atoms with Crippen LogP contribution in [0.1, 0.15) is 32.3 Å². The summed E-state index contributed by atoms with van der Waals surface area (Å²) in [4.78, 5) is 11.5. The van der Waals surface area contributed by atoms with Crippen LogP contribution in [0.25, 0.3) is 0 Å². The molecule has 0 heterocycles. The van der Waals surface area contributed by atoms with Gasteiger partial charge in [-0.3, -0.25) is 4.57 Å². The summed E-state index contributed by atoms with van der Waals surface area (Å²) in [5, 5.41) is 9.04. The molecule has 0 saturated heterocycles. The lowest BCUT2D eigenvalue weighted by molar-refractivity contribution is -0.132. The number of benzene rings is 1. The zero-order valence-electron chi connectivity index (χ0n) is 12.5. The number of hydrogen-bond donors (Lipinski definition) is 1. The Labute approximate surface area is 125 Å². The van der Waals surface area contributed by atoms with Gasteiger partial charge in [0.15, 0.2) is 0 Å². The van der Waals surface area contributed by atoms with Gasteiger partial charge in [0, 0.05) is 5.92 Å². The van der Waals surface area contributed by atoms with Crippen LogP contribution >= 0.6 is 7.60 Å². The molecular weight excluding hydrogens is 291 g/mol. The van der Waals surface area contributed by atoms with Crippen molar-refractivity contribution in [3.8, 4) is 0 Å². The zero-order chi connectivity index (χ0) is 15.9. The third-order valence-corrected chi connectivity index (χ3v) is 4.97. The van der Waals surface area contributed by atoms with E-state index in [0.717, 1.165) is 5.56 Å². The van der Waals surface area contributed by atoms with Gasteiger partial charge in [0.05, 0.1) is 13.2 Å². The number of hydrogen-bond acceptors (Lipinski definition) is 4. The Morgan fingerprint density at radius 2 is 1.76 bits per heavy atom. The SMILES string of the molecule is CCOP(=O)(OCC)/C(=C/C(C)c1ccccc1)C(=O)O. The summed E-state index contributed by atoms with van der Waals surface area (Å²) >= 11 is 0. The maximum absolute atomic E-state index is 12.6. The first-order valence-electron chi connectivity index (χ1n) is 6.84. The van der Waals surface area contributed by atoms with Gasteiger partial charge in [0.1, 0.15) is 5.31 Å². The van der Waals surface area contributed by atoms with Gasteiger partial charge >= 0.3 is 13.6 Å². The van der Waals surface area contributed by atoms with Crippen molar-refractivity contribution in [3.63, 3.8) is 0 Å². The fraction of sp³-hybridized carbons (Fsp3) is 0.400. The van der Waals surface area contributed by atoms with Crippen molar-refractivity contribution in [1.82, 2.24) is 0 Å². The van der Waals surface area contributed by atoms with Crippen LogP contribution in [0.2, 0.25) is 0 Å². The van der Waals surface area contributed by atoms with E-state index in [2.05, 4.69) is 0 Å². The molecule has 0 aliphatic carbocycles. The van der Waals surface area contributed by atoms with E-state index in [1.807, 2.05) is 37.3 Å². The standard InChI is InChI=1S/C15H21O5P/c1-4-19-21(18,20-5-2)14(15(16)17)11-12(3)13-9-7-6-8-10-13/h6-12H,4-5H2,1-3H3,(H,16,17)/b14-11+. The van der Waals surface area contributed by atoms with E-state index < -0.39 is 13.6 Å². The molecule has 1 N–H and O–H groups in total. The van der Waals surface area contributed by atoms with E-state index in [4.69, 9.17) is 9.05 Å². The van der Waals surface area contributed by atoms with Gasteiger partial charge in [-0.15, -0.1) is 0 Å². The molecule has 21 heavy (non-hydrogen) atoms. The molecule has 0 aliphatic rings. The number of carboxylic acid groups (broad SMARTS) is 1. The third kappa shape index (κ3) is 4.81. The summed E-state index contributed by atoms with van der Waals surface area (Å²) < 4.78 is 22.9. The quantitative estimate of drug-likeness (QED) is 0.579. The van der Waals surface area contributed by atoms with Crippen molar-refractivity contribution in [1.29, 1.82) is 0 Å². The number of carboxylic acids is 1. The lowest BCUT2D eigenvalue weighted by Crippen LogP contribution is -2.08. The molecule has 1 aromatic carbocycles. The maximum Gasteiger partial charge on any atom is 0.368 e. The highest BCUT2D eigenvalue weighted by Crippen LogP contribution is 2.56. The fourth-order valence-corrected chi connectivity index (χ4v) is 3.56. The monoisotopic (exact) mass is 312 g/mol. The van der Waals surface area contributed by atoms with E-state index in [0.29, 0.717) is 0 Å². The highest BCUT2D eigenvalue weighted by atomic mass is 31.2. The molecule has 1 aromatic rings. The molecule has 1 unspecified atom stereocenters. The van der Waals surface area contributed by atoms with Crippen molar-refractivity contribution in [2.75, 3.05) is 13.2 Å². The van der Waals surface area contributed by atoms with E-state index >= 15 is 0 Å². The minimum Gasteiger partial charge on any atom is -0.477 e. The largest absolute Gasteiger partial charge is 0.477 e. The molecule has 0 saturated carbocycles. The average molecular weight is 312 g/mol. The molecule has 0 bridgehead atoms. The van der Waals surface area contributed by atoms with Crippen LogP contribution in [0.5, 0.6) is 0 Å². The van der Waals surface area contributed by atoms with Gasteiger partial charge < -0.3 is 14.2 Å². The summed E-state index contributed by atoms with van der Waals surface area (Å²) in [6.45, 7) is 5.35. The maximum atomic E-state index is 12.6. The second kappa shape index (κ2) is 8.13. The van der Waals surface area contributed by atoms with Crippen LogP contribution in [-0.4, -0.2) is 24.3 Å². The molecule has 5 nitrogen and oxygen atoms in total. The van der Waals surface area contributed by atoms with Gasteiger partial charge in [-0.2, -0.15) is 0 Å². The number of allylic oxidation sites excluding steroid dienone is 1. The first-order chi connectivity index (χ1) is 9.94. The Hall–Kier alpha value is -1.42. The van der Waals surface area contributed by atoms with Gasteiger partial charge in [-0.05, 0) is 19.4 Å². The highest BCUT2D eigenvalue weighted by Gasteiger charge is 2.35. The molecule has 0 fully saturated rings. The molecule has 0 aliphatic heterocycles. The first-order valence-corrected chi connectivity index (χ1v) is 8.38. The van der Waals surface area contributed by atoms with Crippen molar-refractivity contribution in [2.24, 2.45) is 0 Å². The predicted octanol–water partition coefficient (Wildman–Crippen LogP) is 4.02. The Morgan fingerprint density at radius 1 is 1.24 bits per heavy atom. The van der Waals surface area contributed by atoms with E-state index in [-0.39, 0.29) is 24.4 Å². The summed E-state index contributed by atoms with van der Waals surface area (Å²) in [7, 11) is -3.80. The Morgan fingerprint density at radius 3 is 2.19 bits per heavy atom. The fourth-order valence-electron chi connectivity index (χ4n) is 1.89.